The number of hydrogen-bond acceptors (Lipinski definition) is 6. The number of amides is 1. The van der Waals surface area contributed by atoms with Gasteiger partial charge in [-0.2, -0.15) is 0 Å². The second-order valence-corrected chi connectivity index (χ2v) is 7.40. The van der Waals surface area contributed by atoms with Crippen molar-refractivity contribution in [2.45, 2.75) is 6.04 Å². The second kappa shape index (κ2) is 8.72. The molecular weight excluding hydrogens is 432 g/mol. The molecule has 1 saturated heterocycles. The molecule has 0 bridgehead atoms. The van der Waals surface area contributed by atoms with Crippen LogP contribution < -0.4 is 14.4 Å². The summed E-state index contributed by atoms with van der Waals surface area (Å²) in [6.45, 7) is 0. The number of carbonyl (C=O) groups is 2. The van der Waals surface area contributed by atoms with Crippen molar-refractivity contribution in [2.24, 2.45) is 0 Å². The van der Waals surface area contributed by atoms with Crippen molar-refractivity contribution in [1.82, 2.24) is 4.98 Å². The number of halogens is 1. The second-order valence-electron chi connectivity index (χ2n) is 6.97. The molecule has 1 N–H and O–H groups in total. The summed E-state index contributed by atoms with van der Waals surface area (Å²) in [5, 5.41) is 11.6. The van der Waals surface area contributed by atoms with Gasteiger partial charge < -0.3 is 14.6 Å². The fourth-order valence-electron chi connectivity index (χ4n) is 3.67. The quantitative estimate of drug-likeness (QED) is 0.352. The zero-order chi connectivity index (χ0) is 22.8. The molecule has 1 unspecified atom stereocenters. The predicted octanol–water partition coefficient (Wildman–Crippen LogP) is 4.38. The number of aliphatic hydroxyl groups is 1. The molecule has 2 heterocycles. The van der Waals surface area contributed by atoms with Crippen LogP contribution in [0.3, 0.4) is 0 Å². The standard InChI is InChI=1S/C24H19ClN2O5/c1-31-16-9-7-15(8-10-16)27-21(18-5-3-4-12-26-18)20(23(29)24(27)30)22(28)17-13-14(25)6-11-19(17)32-2/h3-13,21,28H,1-2H3/b22-20+. The Morgan fingerprint density at radius 2 is 1.78 bits per heavy atom. The molecule has 0 radical (unpaired) electrons. The van der Waals surface area contributed by atoms with Crippen LogP contribution in [0, 0.1) is 0 Å². The van der Waals surface area contributed by atoms with Crippen LogP contribution in [0.4, 0.5) is 5.69 Å². The van der Waals surface area contributed by atoms with E-state index in [1.54, 1.807) is 60.8 Å². The van der Waals surface area contributed by atoms with Gasteiger partial charge in [0.25, 0.3) is 11.7 Å². The predicted molar refractivity (Wildman–Crippen MR) is 120 cm³/mol. The van der Waals surface area contributed by atoms with Gasteiger partial charge in [-0.1, -0.05) is 17.7 Å². The number of aliphatic hydroxyl groups excluding tert-OH is 1. The third kappa shape index (κ3) is 3.67. The highest BCUT2D eigenvalue weighted by atomic mass is 35.5. The summed E-state index contributed by atoms with van der Waals surface area (Å²) in [5.41, 5.74) is 0.976. The van der Waals surface area contributed by atoms with Crippen LogP contribution in [-0.2, 0) is 9.59 Å². The van der Waals surface area contributed by atoms with Gasteiger partial charge in [0.05, 0.1) is 31.1 Å². The Hall–Kier alpha value is -3.84. The van der Waals surface area contributed by atoms with Crippen molar-refractivity contribution in [3.8, 4) is 11.5 Å². The molecular formula is C24H19ClN2O5. The first-order chi connectivity index (χ1) is 15.5. The van der Waals surface area contributed by atoms with E-state index in [4.69, 9.17) is 21.1 Å². The van der Waals surface area contributed by atoms with E-state index >= 15 is 0 Å². The molecule has 2 aromatic carbocycles. The van der Waals surface area contributed by atoms with Gasteiger partial charge in [0.1, 0.15) is 23.3 Å². The minimum atomic E-state index is -0.951. The number of carbonyl (C=O) groups excluding carboxylic acids is 2. The number of Topliss-reactive ketones (excluding diaryl/α,β-unsaturated/α-hetero) is 1. The number of nitrogens with zero attached hydrogens (tertiary/aromatic N) is 2. The number of methoxy groups -OCH3 is 2. The summed E-state index contributed by atoms with van der Waals surface area (Å²) in [4.78, 5) is 32.0. The lowest BCUT2D eigenvalue weighted by atomic mass is 9.97. The molecule has 7 nitrogen and oxygen atoms in total. The molecule has 1 fully saturated rings. The highest BCUT2D eigenvalue weighted by Crippen LogP contribution is 2.43. The van der Waals surface area contributed by atoms with Crippen molar-refractivity contribution in [3.63, 3.8) is 0 Å². The van der Waals surface area contributed by atoms with E-state index in [-0.39, 0.29) is 11.1 Å². The lowest BCUT2D eigenvalue weighted by Gasteiger charge is -2.24. The largest absolute Gasteiger partial charge is 0.507 e. The lowest BCUT2D eigenvalue weighted by Crippen LogP contribution is -2.29. The minimum Gasteiger partial charge on any atom is -0.507 e. The Morgan fingerprint density at radius 1 is 1.03 bits per heavy atom. The number of hydrogen-bond donors (Lipinski definition) is 1. The number of ketones is 1. The molecule has 3 aromatic rings. The maximum atomic E-state index is 13.2. The number of aromatic nitrogens is 1. The monoisotopic (exact) mass is 450 g/mol. The lowest BCUT2D eigenvalue weighted by molar-refractivity contribution is -0.132. The van der Waals surface area contributed by atoms with Crippen LogP contribution in [0.25, 0.3) is 5.76 Å². The summed E-state index contributed by atoms with van der Waals surface area (Å²) in [7, 11) is 2.97. The van der Waals surface area contributed by atoms with Gasteiger partial charge in [0, 0.05) is 16.9 Å². The van der Waals surface area contributed by atoms with E-state index in [9.17, 15) is 14.7 Å². The average molecular weight is 451 g/mol. The van der Waals surface area contributed by atoms with Crippen LogP contribution in [-0.4, -0.2) is 36.0 Å². The van der Waals surface area contributed by atoms with Crippen LogP contribution >= 0.6 is 11.6 Å². The Kier molecular flexibility index (Phi) is 5.83. The SMILES string of the molecule is COc1ccc(N2C(=O)C(=O)/C(=C(/O)c3cc(Cl)ccc3OC)C2c2ccccn2)cc1. The average Bonchev–Trinajstić information content (AvgIpc) is 3.09. The fourth-order valence-corrected chi connectivity index (χ4v) is 3.84. The molecule has 32 heavy (non-hydrogen) atoms. The summed E-state index contributed by atoms with van der Waals surface area (Å²) in [6, 6.07) is 15.6. The van der Waals surface area contributed by atoms with Crippen LogP contribution in [0.15, 0.2) is 72.4 Å². The van der Waals surface area contributed by atoms with Crippen molar-refractivity contribution >= 4 is 34.7 Å². The summed E-state index contributed by atoms with van der Waals surface area (Å²) < 4.78 is 10.5. The summed E-state index contributed by atoms with van der Waals surface area (Å²) >= 11 is 6.12. The molecule has 1 atom stereocenters. The molecule has 0 aliphatic carbocycles. The smallest absolute Gasteiger partial charge is 0.300 e. The molecule has 1 aliphatic rings. The van der Waals surface area contributed by atoms with Gasteiger partial charge in [-0.25, -0.2) is 0 Å². The Labute approximate surface area is 189 Å². The van der Waals surface area contributed by atoms with E-state index in [1.807, 2.05) is 0 Å². The fraction of sp³-hybridized carbons (Fsp3) is 0.125. The van der Waals surface area contributed by atoms with E-state index in [2.05, 4.69) is 4.98 Å². The summed E-state index contributed by atoms with van der Waals surface area (Å²) in [5.74, 6) is -1.11. The van der Waals surface area contributed by atoms with E-state index in [0.717, 1.165) is 0 Å². The molecule has 162 valence electrons. The minimum absolute atomic E-state index is 0.106. The van der Waals surface area contributed by atoms with Gasteiger partial charge in [-0.15, -0.1) is 0 Å². The Bertz CT molecular complexity index is 1210. The third-order valence-corrected chi connectivity index (χ3v) is 5.41. The Balaban J connectivity index is 1.95. The Morgan fingerprint density at radius 3 is 2.41 bits per heavy atom. The third-order valence-electron chi connectivity index (χ3n) is 5.18. The first-order valence-electron chi connectivity index (χ1n) is 9.66. The molecule has 1 amide bonds. The normalized spacial score (nSPS) is 17.5. The number of benzene rings is 2. The van der Waals surface area contributed by atoms with Crippen molar-refractivity contribution < 1.29 is 24.2 Å². The molecule has 1 aliphatic heterocycles. The van der Waals surface area contributed by atoms with E-state index in [1.165, 1.54) is 25.2 Å². The topological polar surface area (TPSA) is 89.0 Å². The summed E-state index contributed by atoms with van der Waals surface area (Å²) in [6.07, 6.45) is 1.56. The van der Waals surface area contributed by atoms with Crippen LogP contribution in [0.2, 0.25) is 5.02 Å². The molecule has 1 aromatic heterocycles. The van der Waals surface area contributed by atoms with Crippen molar-refractivity contribution in [2.75, 3.05) is 19.1 Å². The van der Waals surface area contributed by atoms with Crippen molar-refractivity contribution in [3.05, 3.63) is 88.7 Å². The number of pyridine rings is 1. The van der Waals surface area contributed by atoms with E-state index in [0.29, 0.717) is 27.9 Å². The highest BCUT2D eigenvalue weighted by molar-refractivity contribution is 6.51. The number of rotatable bonds is 5. The maximum Gasteiger partial charge on any atom is 0.300 e. The number of anilines is 1. The van der Waals surface area contributed by atoms with Gasteiger partial charge in [-0.3, -0.25) is 19.5 Å². The van der Waals surface area contributed by atoms with Crippen LogP contribution in [0.1, 0.15) is 17.3 Å². The van der Waals surface area contributed by atoms with Gasteiger partial charge in [0.15, 0.2) is 0 Å². The first kappa shape index (κ1) is 21.4. The van der Waals surface area contributed by atoms with Crippen LogP contribution in [0.5, 0.6) is 11.5 Å². The van der Waals surface area contributed by atoms with Gasteiger partial charge in [-0.05, 0) is 54.6 Å². The number of ether oxygens (including phenoxy) is 2. The molecule has 0 saturated carbocycles. The zero-order valence-electron chi connectivity index (χ0n) is 17.3. The van der Waals surface area contributed by atoms with Gasteiger partial charge in [0.2, 0.25) is 0 Å². The molecule has 4 rings (SSSR count). The highest BCUT2D eigenvalue weighted by Gasteiger charge is 2.47. The maximum absolute atomic E-state index is 13.2. The first-order valence-corrected chi connectivity index (χ1v) is 10.0. The zero-order valence-corrected chi connectivity index (χ0v) is 18.0. The van der Waals surface area contributed by atoms with Crippen molar-refractivity contribution in [1.29, 1.82) is 0 Å². The molecule has 0 spiro atoms. The van der Waals surface area contributed by atoms with Gasteiger partial charge >= 0.3 is 0 Å². The molecule has 8 heteroatoms. The van der Waals surface area contributed by atoms with E-state index < -0.39 is 23.5 Å².